The number of nitrogens with zero attached hydrogens (tertiary/aromatic N) is 2. The number of nitrogens with one attached hydrogen (secondary N) is 1. The van der Waals surface area contributed by atoms with E-state index in [1.165, 1.54) is 11.3 Å². The van der Waals surface area contributed by atoms with Crippen LogP contribution in [0.3, 0.4) is 0 Å². The van der Waals surface area contributed by atoms with Crippen LogP contribution in [0.2, 0.25) is 0 Å². The Hall–Kier alpha value is -1.18. The molecule has 7 heteroatoms. The van der Waals surface area contributed by atoms with E-state index in [9.17, 15) is 4.79 Å². The highest BCUT2D eigenvalue weighted by atomic mass is 79.9. The van der Waals surface area contributed by atoms with Crippen molar-refractivity contribution >= 4 is 38.3 Å². The molecular formula is C11H12BrN3O2S. The van der Waals surface area contributed by atoms with Crippen molar-refractivity contribution in [3.63, 3.8) is 0 Å². The summed E-state index contributed by atoms with van der Waals surface area (Å²) < 4.78 is 5.69. The smallest absolute Gasteiger partial charge is 0.293 e. The Balaban J connectivity index is 2.01. The van der Waals surface area contributed by atoms with Crippen LogP contribution in [0.25, 0.3) is 0 Å². The highest BCUT2D eigenvalue weighted by Gasteiger charge is 2.12. The molecule has 5 nitrogen and oxygen atoms in total. The van der Waals surface area contributed by atoms with Crippen LogP contribution in [0.4, 0.5) is 5.13 Å². The molecule has 0 atom stereocenters. The van der Waals surface area contributed by atoms with E-state index in [0.717, 1.165) is 12.2 Å². The van der Waals surface area contributed by atoms with Gasteiger partial charge in [0.05, 0.1) is 5.69 Å². The molecule has 0 fully saturated rings. The lowest BCUT2D eigenvalue weighted by Gasteiger charge is -2.05. The second-order valence-electron chi connectivity index (χ2n) is 3.94. The van der Waals surface area contributed by atoms with Gasteiger partial charge in [-0.1, -0.05) is 0 Å². The van der Waals surface area contributed by atoms with E-state index in [1.807, 2.05) is 24.4 Å². The van der Waals surface area contributed by atoms with Crippen LogP contribution in [-0.2, 0) is 6.54 Å². The molecule has 96 valence electrons. The van der Waals surface area contributed by atoms with Gasteiger partial charge in [0.25, 0.3) is 5.91 Å². The maximum atomic E-state index is 11.8. The van der Waals surface area contributed by atoms with E-state index >= 15 is 0 Å². The fourth-order valence-electron chi connectivity index (χ4n) is 1.36. The maximum Gasteiger partial charge on any atom is 0.293 e. The summed E-state index contributed by atoms with van der Waals surface area (Å²) in [5.41, 5.74) is 0.931. The van der Waals surface area contributed by atoms with E-state index in [-0.39, 0.29) is 11.7 Å². The largest absolute Gasteiger partial charge is 0.444 e. The summed E-state index contributed by atoms with van der Waals surface area (Å²) in [4.78, 5) is 18.1. The van der Waals surface area contributed by atoms with Crippen LogP contribution < -0.4 is 5.32 Å². The number of anilines is 1. The first kappa shape index (κ1) is 13.3. The number of thiazole rings is 1. The average Bonchev–Trinajstić information content (AvgIpc) is 2.87. The summed E-state index contributed by atoms with van der Waals surface area (Å²) >= 11 is 4.55. The van der Waals surface area contributed by atoms with Crippen molar-refractivity contribution in [3.8, 4) is 0 Å². The molecule has 18 heavy (non-hydrogen) atoms. The molecule has 0 radical (unpaired) electrons. The van der Waals surface area contributed by atoms with Crippen LogP contribution in [-0.4, -0.2) is 29.9 Å². The fraction of sp³-hybridized carbons (Fsp3) is 0.273. The third-order valence-electron chi connectivity index (χ3n) is 2.05. The van der Waals surface area contributed by atoms with Crippen molar-refractivity contribution in [2.75, 3.05) is 19.4 Å². The highest BCUT2D eigenvalue weighted by Crippen LogP contribution is 2.19. The number of carbonyl (C=O) groups is 1. The number of hydrogen-bond acceptors (Lipinski definition) is 5. The van der Waals surface area contributed by atoms with Gasteiger partial charge in [-0.15, -0.1) is 11.3 Å². The summed E-state index contributed by atoms with van der Waals surface area (Å²) in [6, 6.07) is 3.28. The van der Waals surface area contributed by atoms with Crippen molar-refractivity contribution in [2.45, 2.75) is 6.54 Å². The molecule has 2 heterocycles. The average molecular weight is 330 g/mol. The second-order valence-corrected chi connectivity index (χ2v) is 5.58. The number of aromatic nitrogens is 1. The molecule has 0 saturated carbocycles. The maximum absolute atomic E-state index is 11.8. The number of halogens is 1. The van der Waals surface area contributed by atoms with Gasteiger partial charge in [-0.25, -0.2) is 4.98 Å². The molecule has 0 aromatic carbocycles. The van der Waals surface area contributed by atoms with Crippen molar-refractivity contribution in [3.05, 3.63) is 33.6 Å². The fourth-order valence-corrected chi connectivity index (χ4v) is 2.36. The first-order chi connectivity index (χ1) is 8.54. The molecule has 1 amide bonds. The molecule has 0 aliphatic heterocycles. The van der Waals surface area contributed by atoms with E-state index in [2.05, 4.69) is 26.2 Å². The molecule has 2 rings (SSSR count). The minimum Gasteiger partial charge on any atom is -0.444 e. The first-order valence-electron chi connectivity index (χ1n) is 5.20. The van der Waals surface area contributed by atoms with Crippen LogP contribution in [0.15, 0.2) is 26.6 Å². The normalized spacial score (nSPS) is 10.9. The summed E-state index contributed by atoms with van der Waals surface area (Å²) in [5, 5.41) is 5.20. The number of furan rings is 1. The van der Waals surface area contributed by atoms with Crippen LogP contribution in [0, 0.1) is 0 Å². The lowest BCUT2D eigenvalue weighted by Crippen LogP contribution is -2.12. The van der Waals surface area contributed by atoms with E-state index < -0.39 is 0 Å². The first-order valence-corrected chi connectivity index (χ1v) is 6.87. The molecule has 2 aromatic rings. The molecule has 0 spiro atoms. The van der Waals surface area contributed by atoms with Crippen molar-refractivity contribution < 1.29 is 9.21 Å². The van der Waals surface area contributed by atoms with Gasteiger partial charge in [-0.2, -0.15) is 0 Å². The minimum atomic E-state index is -0.300. The molecule has 0 aliphatic carbocycles. The summed E-state index contributed by atoms with van der Waals surface area (Å²) in [6.07, 6.45) is 0. The standard InChI is InChI=1S/C11H12BrN3O2S/c1-15(2)5-7-6-18-11(13-7)14-10(16)8-3-4-9(12)17-8/h3-4,6H,5H2,1-2H3,(H,13,14,16). The number of hydrogen-bond donors (Lipinski definition) is 1. The summed E-state index contributed by atoms with van der Waals surface area (Å²) in [7, 11) is 3.94. The number of amides is 1. The Morgan fingerprint density at radius 2 is 2.33 bits per heavy atom. The van der Waals surface area contributed by atoms with Gasteiger partial charge < -0.3 is 9.32 Å². The van der Waals surface area contributed by atoms with E-state index in [4.69, 9.17) is 4.42 Å². The van der Waals surface area contributed by atoms with E-state index in [1.54, 1.807) is 12.1 Å². The van der Waals surface area contributed by atoms with Gasteiger partial charge >= 0.3 is 0 Å². The van der Waals surface area contributed by atoms with Crippen LogP contribution >= 0.6 is 27.3 Å². The Morgan fingerprint density at radius 1 is 1.56 bits per heavy atom. The quantitative estimate of drug-likeness (QED) is 0.937. The molecular weight excluding hydrogens is 318 g/mol. The molecule has 1 N–H and O–H groups in total. The van der Waals surface area contributed by atoms with Gasteiger partial charge in [-0.3, -0.25) is 10.1 Å². The predicted molar refractivity (Wildman–Crippen MR) is 73.9 cm³/mol. The molecule has 0 bridgehead atoms. The minimum absolute atomic E-state index is 0.256. The zero-order valence-electron chi connectivity index (χ0n) is 9.94. The SMILES string of the molecule is CN(C)Cc1csc(NC(=O)c2ccc(Br)o2)n1. The Bertz CT molecular complexity index is 550. The highest BCUT2D eigenvalue weighted by molar-refractivity contribution is 9.10. The van der Waals surface area contributed by atoms with Crippen molar-refractivity contribution in [1.29, 1.82) is 0 Å². The molecule has 0 unspecified atom stereocenters. The van der Waals surface area contributed by atoms with Crippen molar-refractivity contribution in [2.24, 2.45) is 0 Å². The van der Waals surface area contributed by atoms with Gasteiger partial charge in [0.2, 0.25) is 0 Å². The lowest BCUT2D eigenvalue weighted by molar-refractivity contribution is 0.0995. The van der Waals surface area contributed by atoms with Gasteiger partial charge in [-0.05, 0) is 42.2 Å². The van der Waals surface area contributed by atoms with Gasteiger partial charge in [0.15, 0.2) is 15.6 Å². The zero-order chi connectivity index (χ0) is 13.1. The molecule has 2 aromatic heterocycles. The van der Waals surface area contributed by atoms with E-state index in [0.29, 0.717) is 9.80 Å². The third kappa shape index (κ3) is 3.41. The topological polar surface area (TPSA) is 58.4 Å². The number of rotatable bonds is 4. The Morgan fingerprint density at radius 3 is 2.94 bits per heavy atom. The molecule has 0 aliphatic rings. The second kappa shape index (κ2) is 5.64. The third-order valence-corrected chi connectivity index (χ3v) is 3.28. The van der Waals surface area contributed by atoms with Crippen LogP contribution in [0.5, 0.6) is 0 Å². The van der Waals surface area contributed by atoms with Gasteiger partial charge in [0.1, 0.15) is 0 Å². The Labute approximate surface area is 117 Å². The lowest BCUT2D eigenvalue weighted by atomic mass is 10.4. The van der Waals surface area contributed by atoms with Gasteiger partial charge in [0, 0.05) is 11.9 Å². The summed E-state index contributed by atoms with van der Waals surface area (Å²) in [5.74, 6) is -0.0438. The molecule has 0 saturated heterocycles. The number of carbonyl (C=O) groups excluding carboxylic acids is 1. The predicted octanol–water partition coefficient (Wildman–Crippen LogP) is 2.81. The van der Waals surface area contributed by atoms with Crippen LogP contribution in [0.1, 0.15) is 16.2 Å². The summed E-state index contributed by atoms with van der Waals surface area (Å²) in [6.45, 7) is 0.749. The zero-order valence-corrected chi connectivity index (χ0v) is 12.3. The van der Waals surface area contributed by atoms with Crippen molar-refractivity contribution in [1.82, 2.24) is 9.88 Å². The monoisotopic (exact) mass is 329 g/mol. The Kier molecular flexibility index (Phi) is 4.15.